The van der Waals surface area contributed by atoms with Gasteiger partial charge in [-0.15, -0.1) is 0 Å². The van der Waals surface area contributed by atoms with E-state index in [1.807, 2.05) is 6.92 Å². The first-order chi connectivity index (χ1) is 2.81. The van der Waals surface area contributed by atoms with E-state index < -0.39 is 6.29 Å². The Morgan fingerprint density at radius 2 is 2.14 bits per heavy atom. The van der Waals surface area contributed by atoms with Crippen molar-refractivity contribution >= 4 is 0 Å². The van der Waals surface area contributed by atoms with E-state index >= 15 is 0 Å². The van der Waals surface area contributed by atoms with Gasteiger partial charge in [-0.05, 0) is 6.42 Å². The smallest absolute Gasteiger partial charge is 0.153 e. The zero-order valence-electron chi connectivity index (χ0n) is 4.42. The third kappa shape index (κ3) is 4.92. The summed E-state index contributed by atoms with van der Waals surface area (Å²) in [4.78, 5) is 0. The minimum atomic E-state index is -0.565. The SMILES string of the molecule is CCC(O)OC.[Md]. The number of rotatable bonds is 2. The number of hydrogen-bond donors (Lipinski definition) is 1. The van der Waals surface area contributed by atoms with Gasteiger partial charge in [-0.1, -0.05) is 6.92 Å². The fourth-order valence-electron chi connectivity index (χ4n) is 0.167. The molecule has 0 aliphatic carbocycles. The second-order valence-corrected chi connectivity index (χ2v) is 1.10. The predicted molar refractivity (Wildman–Crippen MR) is 23.3 cm³/mol. The molecule has 3 heteroatoms. The largest absolute Gasteiger partial charge is 0.368 e. The molecular weight excluding hydrogens is 338 g/mol. The number of hydrogen-bond acceptors (Lipinski definition) is 2. The Balaban J connectivity index is 0. The molecule has 7 heavy (non-hydrogen) atoms. The van der Waals surface area contributed by atoms with Crippen LogP contribution in [0.1, 0.15) is 13.3 Å². The second-order valence-electron chi connectivity index (χ2n) is 1.10. The second kappa shape index (κ2) is 4.92. The van der Waals surface area contributed by atoms with Gasteiger partial charge < -0.3 is 9.84 Å². The number of methoxy groups -OCH3 is 1. The predicted octanol–water partition coefficient (Wildman–Crippen LogP) is 0.361. The number of ether oxygens (including phenoxy) is 1. The van der Waals surface area contributed by atoms with E-state index in [4.69, 9.17) is 5.11 Å². The van der Waals surface area contributed by atoms with E-state index in [0.29, 0.717) is 6.42 Å². The minimum Gasteiger partial charge on any atom is -0.368 e. The molecule has 0 aromatic heterocycles. The van der Waals surface area contributed by atoms with Crippen LogP contribution in [0.4, 0.5) is 0 Å². The van der Waals surface area contributed by atoms with Crippen LogP contribution in [-0.4, -0.2) is 18.5 Å². The average Bonchev–Trinajstić information content (AvgIpc) is 1.65. The van der Waals surface area contributed by atoms with Gasteiger partial charge in [0.25, 0.3) is 0 Å². The van der Waals surface area contributed by atoms with Crippen LogP contribution in [0.3, 0.4) is 0 Å². The van der Waals surface area contributed by atoms with E-state index in [1.165, 1.54) is 7.11 Å². The standard InChI is InChI=1S/C4H10O2.Md/c1-3-4(5)6-2;/h4-5H,3H2,1-2H3;. The molecule has 0 amide bonds. The van der Waals surface area contributed by atoms with Crippen molar-refractivity contribution in [1.82, 2.24) is 0 Å². The molecule has 0 aromatic rings. The summed E-state index contributed by atoms with van der Waals surface area (Å²) < 4.78 is 4.45. The van der Waals surface area contributed by atoms with Gasteiger partial charge in [-0.3, -0.25) is 0 Å². The molecule has 0 aromatic carbocycles. The molecule has 0 saturated heterocycles. The Morgan fingerprint density at radius 1 is 1.71 bits per heavy atom. The molecular formula is C4H10MdO2. The average molecular weight is 348 g/mol. The van der Waals surface area contributed by atoms with Crippen molar-refractivity contribution in [3.63, 3.8) is 0 Å². The maximum Gasteiger partial charge on any atom is 0.153 e. The fraction of sp³-hybridized carbons (Fsp3) is 1.00. The molecule has 0 heterocycles. The molecule has 1 radical (unpaired) electrons. The van der Waals surface area contributed by atoms with E-state index in [1.54, 1.807) is 0 Å². The maximum absolute atomic E-state index is 8.44. The zero-order valence-corrected chi connectivity index (χ0v) is 6.73. The Hall–Kier alpha value is -1.08. The molecule has 1 N–H and O–H groups in total. The van der Waals surface area contributed by atoms with Crippen LogP contribution >= 0.6 is 0 Å². The van der Waals surface area contributed by atoms with Crippen molar-refractivity contribution in [2.45, 2.75) is 19.6 Å². The molecule has 51 valence electrons. The summed E-state index contributed by atoms with van der Waals surface area (Å²) in [6.07, 6.45) is 0.0984. The molecule has 1 atom stereocenters. The molecule has 0 saturated carbocycles. The van der Waals surface area contributed by atoms with Crippen LogP contribution in [0.5, 0.6) is 0 Å². The summed E-state index contributed by atoms with van der Waals surface area (Å²) in [6, 6.07) is 0. The maximum atomic E-state index is 8.44. The van der Waals surface area contributed by atoms with Crippen molar-refractivity contribution in [2.75, 3.05) is 7.11 Å². The number of aliphatic hydroxyl groups excluding tert-OH is 1. The summed E-state index contributed by atoms with van der Waals surface area (Å²) >= 11 is 0. The molecule has 0 rings (SSSR count). The van der Waals surface area contributed by atoms with Crippen molar-refractivity contribution in [3.05, 3.63) is 0 Å². The number of aliphatic hydroxyl groups is 1. The molecule has 0 spiro atoms. The molecule has 2 nitrogen and oxygen atoms in total. The monoisotopic (exact) mass is 348 g/mol. The Labute approximate surface area is 37.7 Å². The van der Waals surface area contributed by atoms with E-state index in [-0.39, 0.29) is 0 Å². The van der Waals surface area contributed by atoms with Crippen LogP contribution in [0.2, 0.25) is 0 Å². The topological polar surface area (TPSA) is 29.5 Å². The Bertz CT molecular complexity index is 28.9. The van der Waals surface area contributed by atoms with Gasteiger partial charge in [0.15, 0.2) is 6.29 Å². The van der Waals surface area contributed by atoms with Crippen LogP contribution in [0.15, 0.2) is 0 Å². The summed E-state index contributed by atoms with van der Waals surface area (Å²) in [6.45, 7) is 1.86. The first-order valence-corrected chi connectivity index (χ1v) is 2.02. The van der Waals surface area contributed by atoms with Gasteiger partial charge in [-0.2, -0.15) is 0 Å². The van der Waals surface area contributed by atoms with Gasteiger partial charge in [0, 0.05) is 7.11 Å². The van der Waals surface area contributed by atoms with Gasteiger partial charge >= 0.3 is 0 Å². The Morgan fingerprint density at radius 3 is 2.14 bits per heavy atom. The van der Waals surface area contributed by atoms with E-state index in [9.17, 15) is 0 Å². The van der Waals surface area contributed by atoms with E-state index in [0.717, 1.165) is 0 Å². The minimum absolute atomic E-state index is 0. The summed E-state index contributed by atoms with van der Waals surface area (Å²) in [7, 11) is 1.48. The van der Waals surface area contributed by atoms with Gasteiger partial charge in [0.1, 0.15) is 0 Å². The third-order valence-corrected chi connectivity index (χ3v) is 0.621. The van der Waals surface area contributed by atoms with Gasteiger partial charge in [0.2, 0.25) is 0 Å². The van der Waals surface area contributed by atoms with E-state index in [2.05, 4.69) is 4.74 Å². The van der Waals surface area contributed by atoms with Crippen molar-refractivity contribution in [3.8, 4) is 0 Å². The summed E-state index contributed by atoms with van der Waals surface area (Å²) in [5.41, 5.74) is 0. The van der Waals surface area contributed by atoms with Gasteiger partial charge in [-0.25, -0.2) is 0 Å². The quantitative estimate of drug-likeness (QED) is 0.731. The van der Waals surface area contributed by atoms with Crippen molar-refractivity contribution in [1.29, 1.82) is 0 Å². The molecule has 0 aliphatic heterocycles. The van der Waals surface area contributed by atoms with Gasteiger partial charge in [0.05, 0.1) is 0 Å². The van der Waals surface area contributed by atoms with Crippen LogP contribution < -0.4 is 0 Å². The van der Waals surface area contributed by atoms with Crippen molar-refractivity contribution < 1.29 is 9.84 Å². The fourth-order valence-corrected chi connectivity index (χ4v) is 0.167. The zero-order chi connectivity index (χ0) is 4.99. The van der Waals surface area contributed by atoms with Crippen LogP contribution in [-0.2, 0) is 4.74 Å². The molecule has 0 bridgehead atoms. The summed E-state index contributed by atoms with van der Waals surface area (Å²) in [5, 5.41) is 8.44. The molecule has 0 fully saturated rings. The normalized spacial score (nSPS) is 12.4. The summed E-state index contributed by atoms with van der Waals surface area (Å²) in [5.74, 6) is 0. The molecule has 1 unspecified atom stereocenters. The van der Waals surface area contributed by atoms with Crippen LogP contribution in [0, 0.1) is 0 Å². The third-order valence-electron chi connectivity index (χ3n) is 0.621. The van der Waals surface area contributed by atoms with Crippen molar-refractivity contribution in [2.24, 2.45) is 0 Å². The first-order valence-electron chi connectivity index (χ1n) is 2.02. The molecule has 0 aliphatic rings. The first kappa shape index (κ1) is 9.33. The van der Waals surface area contributed by atoms with Crippen LogP contribution in [0.25, 0.3) is 0 Å². The Kier molecular flexibility index (Phi) is 6.55.